The van der Waals surface area contributed by atoms with Gasteiger partial charge < -0.3 is 21.7 Å². The Labute approximate surface area is 141 Å². The van der Waals surface area contributed by atoms with Crippen molar-refractivity contribution in [3.8, 4) is 0 Å². The zero-order valence-electron chi connectivity index (χ0n) is 13.9. The average molecular weight is 345 g/mol. The highest BCUT2D eigenvalue weighted by atomic mass is 16.4. The second-order valence-corrected chi connectivity index (χ2v) is 5.65. The summed E-state index contributed by atoms with van der Waals surface area (Å²) in [6.07, 6.45) is 3.40. The molecule has 2 atom stereocenters. The molecule has 1 unspecified atom stereocenters. The molecule has 24 heavy (non-hydrogen) atoms. The molecule has 138 valence electrons. The summed E-state index contributed by atoms with van der Waals surface area (Å²) in [7, 11) is 0. The Kier molecular flexibility index (Phi) is 10.6. The van der Waals surface area contributed by atoms with Crippen molar-refractivity contribution in [3.05, 3.63) is 0 Å². The van der Waals surface area contributed by atoms with Crippen LogP contribution >= 0.6 is 0 Å². The van der Waals surface area contributed by atoms with Crippen LogP contribution in [0.4, 0.5) is 0 Å². The van der Waals surface area contributed by atoms with Gasteiger partial charge in [0.15, 0.2) is 0 Å². The third-order valence-corrected chi connectivity index (χ3v) is 3.50. The van der Waals surface area contributed by atoms with Gasteiger partial charge in [-0.25, -0.2) is 0 Å². The van der Waals surface area contributed by atoms with E-state index in [1.165, 1.54) is 0 Å². The van der Waals surface area contributed by atoms with E-state index in [-0.39, 0.29) is 12.8 Å². The van der Waals surface area contributed by atoms with Gasteiger partial charge in [-0.05, 0) is 12.8 Å². The van der Waals surface area contributed by atoms with Crippen LogP contribution in [0.5, 0.6) is 0 Å². The smallest absolute Gasteiger partial charge is 0.323 e. The van der Waals surface area contributed by atoms with Crippen LogP contribution in [0.1, 0.15) is 51.9 Å². The zero-order chi connectivity index (χ0) is 18.7. The minimum atomic E-state index is -1.37. The summed E-state index contributed by atoms with van der Waals surface area (Å²) in [5, 5.41) is 17.5. The third-order valence-electron chi connectivity index (χ3n) is 3.50. The van der Waals surface area contributed by atoms with Crippen molar-refractivity contribution in [3.63, 3.8) is 0 Å². The van der Waals surface area contributed by atoms with Crippen molar-refractivity contribution < 1.29 is 29.4 Å². The van der Waals surface area contributed by atoms with Gasteiger partial charge in [0.2, 0.25) is 11.8 Å². The topological polar surface area (TPSA) is 164 Å². The van der Waals surface area contributed by atoms with Gasteiger partial charge in [0.1, 0.15) is 6.54 Å². The molecule has 0 bridgehead atoms. The fourth-order valence-corrected chi connectivity index (χ4v) is 2.12. The van der Waals surface area contributed by atoms with Gasteiger partial charge in [-0.2, -0.15) is 0 Å². The van der Waals surface area contributed by atoms with E-state index in [4.69, 9.17) is 21.7 Å². The summed E-state index contributed by atoms with van der Waals surface area (Å²) in [5.74, 6) is -4.24. The normalized spacial score (nSPS) is 13.1. The second kappa shape index (κ2) is 11.5. The number of unbranched alkanes of at least 4 members (excludes halogenated alkanes) is 3. The SMILES string of the molecule is CCCCCCC(N)C(=O)N(CC(=O)O)C(=O)[C@@H](N)CCC(=O)O. The van der Waals surface area contributed by atoms with E-state index in [0.29, 0.717) is 17.7 Å². The van der Waals surface area contributed by atoms with Gasteiger partial charge in [-0.3, -0.25) is 24.1 Å². The third kappa shape index (κ3) is 8.59. The van der Waals surface area contributed by atoms with E-state index in [9.17, 15) is 19.2 Å². The predicted molar refractivity (Wildman–Crippen MR) is 85.9 cm³/mol. The molecule has 6 N–H and O–H groups in total. The molecule has 0 aliphatic rings. The number of nitrogens with zero attached hydrogens (tertiary/aromatic N) is 1. The number of hydrogen-bond acceptors (Lipinski definition) is 6. The molecular weight excluding hydrogens is 318 g/mol. The Morgan fingerprint density at radius 1 is 0.875 bits per heavy atom. The zero-order valence-corrected chi connectivity index (χ0v) is 13.9. The van der Waals surface area contributed by atoms with E-state index in [2.05, 4.69) is 0 Å². The Morgan fingerprint density at radius 2 is 1.42 bits per heavy atom. The number of amides is 2. The van der Waals surface area contributed by atoms with Crippen LogP contribution in [-0.2, 0) is 19.2 Å². The van der Waals surface area contributed by atoms with Crippen LogP contribution in [0.15, 0.2) is 0 Å². The first-order valence-electron chi connectivity index (χ1n) is 8.00. The van der Waals surface area contributed by atoms with E-state index in [1.807, 2.05) is 6.92 Å². The number of carbonyl (C=O) groups excluding carboxylic acids is 2. The first kappa shape index (κ1) is 22.0. The molecule has 9 heteroatoms. The maximum Gasteiger partial charge on any atom is 0.323 e. The first-order valence-corrected chi connectivity index (χ1v) is 8.00. The highest BCUT2D eigenvalue weighted by Gasteiger charge is 2.31. The molecule has 0 rings (SSSR count). The van der Waals surface area contributed by atoms with Crippen molar-refractivity contribution >= 4 is 23.8 Å². The number of nitrogens with two attached hydrogens (primary N) is 2. The summed E-state index contributed by atoms with van der Waals surface area (Å²) >= 11 is 0. The van der Waals surface area contributed by atoms with Gasteiger partial charge in [-0.1, -0.05) is 32.6 Å². The van der Waals surface area contributed by atoms with E-state index >= 15 is 0 Å². The lowest BCUT2D eigenvalue weighted by Crippen LogP contribution is -2.53. The molecule has 0 aliphatic heterocycles. The Morgan fingerprint density at radius 3 is 1.88 bits per heavy atom. The number of hydrogen-bond donors (Lipinski definition) is 4. The second-order valence-electron chi connectivity index (χ2n) is 5.65. The lowest BCUT2D eigenvalue weighted by molar-refractivity contribution is -0.154. The molecule has 2 amide bonds. The van der Waals surface area contributed by atoms with Crippen molar-refractivity contribution in [1.29, 1.82) is 0 Å². The minimum absolute atomic E-state index is 0.191. The van der Waals surface area contributed by atoms with Crippen LogP contribution in [-0.4, -0.2) is 57.5 Å². The monoisotopic (exact) mass is 345 g/mol. The number of aliphatic carboxylic acids is 2. The fourth-order valence-electron chi connectivity index (χ4n) is 2.12. The number of carboxylic acids is 2. The number of carboxylic acid groups (broad SMARTS) is 2. The highest BCUT2D eigenvalue weighted by molar-refractivity contribution is 6.02. The van der Waals surface area contributed by atoms with E-state index in [0.717, 1.165) is 19.3 Å². The first-order chi connectivity index (χ1) is 11.2. The number of carbonyl (C=O) groups is 4. The molecule has 0 saturated carbocycles. The van der Waals surface area contributed by atoms with Crippen LogP contribution < -0.4 is 11.5 Å². The molecule has 0 radical (unpaired) electrons. The van der Waals surface area contributed by atoms with Crippen molar-refractivity contribution in [2.24, 2.45) is 11.5 Å². The lowest BCUT2D eigenvalue weighted by Gasteiger charge is -2.25. The van der Waals surface area contributed by atoms with Crippen LogP contribution in [0.2, 0.25) is 0 Å². The highest BCUT2D eigenvalue weighted by Crippen LogP contribution is 2.09. The summed E-state index contributed by atoms with van der Waals surface area (Å²) in [4.78, 5) is 46.4. The molecule has 0 aliphatic carbocycles. The minimum Gasteiger partial charge on any atom is -0.481 e. The van der Waals surface area contributed by atoms with Crippen LogP contribution in [0.3, 0.4) is 0 Å². The predicted octanol–water partition coefficient (Wildman–Crippen LogP) is -0.0840. The molecule has 9 nitrogen and oxygen atoms in total. The Bertz CT molecular complexity index is 454. The van der Waals surface area contributed by atoms with Crippen molar-refractivity contribution in [1.82, 2.24) is 4.90 Å². The molecule has 0 aromatic carbocycles. The largest absolute Gasteiger partial charge is 0.481 e. The molecule has 0 saturated heterocycles. The van der Waals surface area contributed by atoms with Gasteiger partial charge in [0, 0.05) is 6.42 Å². The average Bonchev–Trinajstić information content (AvgIpc) is 2.52. The molecule has 0 heterocycles. The molecule has 0 aromatic rings. The Balaban J connectivity index is 4.83. The summed E-state index contributed by atoms with van der Waals surface area (Å²) in [6, 6.07) is -2.26. The maximum atomic E-state index is 12.3. The number of imide groups is 1. The summed E-state index contributed by atoms with van der Waals surface area (Å²) in [5.41, 5.74) is 11.3. The Hall–Kier alpha value is -2.00. The molecule has 0 aromatic heterocycles. The summed E-state index contributed by atoms with van der Waals surface area (Å²) < 4.78 is 0. The molecule has 0 fully saturated rings. The van der Waals surface area contributed by atoms with Gasteiger partial charge in [-0.15, -0.1) is 0 Å². The van der Waals surface area contributed by atoms with Crippen LogP contribution in [0.25, 0.3) is 0 Å². The maximum absolute atomic E-state index is 12.3. The van der Waals surface area contributed by atoms with Crippen molar-refractivity contribution in [2.75, 3.05) is 6.54 Å². The van der Waals surface area contributed by atoms with E-state index in [1.54, 1.807) is 0 Å². The van der Waals surface area contributed by atoms with Crippen LogP contribution in [0, 0.1) is 0 Å². The fraction of sp³-hybridized carbons (Fsp3) is 0.733. The lowest BCUT2D eigenvalue weighted by atomic mass is 10.1. The quantitative estimate of drug-likeness (QED) is 0.356. The summed E-state index contributed by atoms with van der Waals surface area (Å²) in [6.45, 7) is 1.19. The number of rotatable bonds is 12. The van der Waals surface area contributed by atoms with E-state index < -0.39 is 42.4 Å². The van der Waals surface area contributed by atoms with Gasteiger partial charge in [0.25, 0.3) is 0 Å². The molecular formula is C15H27N3O6. The standard InChI is InChI=1S/C15H27N3O6/c1-2-3-4-5-6-10(16)14(23)18(9-13(21)22)15(24)11(17)7-8-12(19)20/h10-11H,2-9,16-17H2,1H3,(H,19,20)(H,21,22)/t10?,11-/m0/s1. The van der Waals surface area contributed by atoms with Gasteiger partial charge >= 0.3 is 11.9 Å². The van der Waals surface area contributed by atoms with Gasteiger partial charge in [0.05, 0.1) is 12.1 Å². The molecule has 0 spiro atoms. The van der Waals surface area contributed by atoms with Crippen molar-refractivity contribution in [2.45, 2.75) is 64.0 Å².